The van der Waals surface area contributed by atoms with Gasteiger partial charge in [0, 0.05) is 63.6 Å². The van der Waals surface area contributed by atoms with Gasteiger partial charge in [-0.05, 0) is 31.4 Å². The number of methoxy groups -OCH3 is 2. The number of nitrogens with zero attached hydrogens (tertiary/aromatic N) is 1. The number of cyclic esters (lactones) is 1. The van der Waals surface area contributed by atoms with E-state index in [1.807, 2.05) is 13.8 Å². The number of hydrogen-bond acceptors (Lipinski definition) is 11. The van der Waals surface area contributed by atoms with Crippen molar-refractivity contribution >= 4 is 17.6 Å². The van der Waals surface area contributed by atoms with Gasteiger partial charge in [-0.15, -0.1) is 6.58 Å². The molecule has 2 heterocycles. The summed E-state index contributed by atoms with van der Waals surface area (Å²) in [5.74, 6) is -2.42. The highest BCUT2D eigenvalue weighted by Gasteiger charge is 2.47. The van der Waals surface area contributed by atoms with E-state index in [1.54, 1.807) is 27.8 Å². The summed E-state index contributed by atoms with van der Waals surface area (Å²) in [5.41, 5.74) is 1.93. The highest BCUT2D eigenvalue weighted by molar-refractivity contribution is 5.96. The fourth-order valence-corrected chi connectivity index (χ4v) is 6.05. The molecule has 0 spiro atoms. The van der Waals surface area contributed by atoms with Gasteiger partial charge in [-0.2, -0.15) is 0 Å². The minimum atomic E-state index is -1.47. The zero-order chi connectivity index (χ0) is 33.1. The minimum absolute atomic E-state index is 0.0239. The van der Waals surface area contributed by atoms with Crippen LogP contribution in [0.5, 0.6) is 11.5 Å². The molecule has 3 rings (SSSR count). The van der Waals surface area contributed by atoms with Crippen LogP contribution in [0.2, 0.25) is 0 Å². The number of rotatable bonds is 12. The van der Waals surface area contributed by atoms with E-state index in [0.717, 1.165) is 17.4 Å². The number of aliphatic hydroxyl groups excluding tert-OH is 2. The van der Waals surface area contributed by atoms with E-state index in [-0.39, 0.29) is 29.9 Å². The van der Waals surface area contributed by atoms with Crippen molar-refractivity contribution in [1.29, 1.82) is 0 Å². The van der Waals surface area contributed by atoms with Crippen molar-refractivity contribution in [3.63, 3.8) is 0 Å². The Morgan fingerprint density at radius 2 is 1.84 bits per heavy atom. The largest absolute Gasteiger partial charge is 0.508 e. The Balaban J connectivity index is 1.77. The van der Waals surface area contributed by atoms with E-state index >= 15 is 0 Å². The van der Waals surface area contributed by atoms with Crippen LogP contribution in [0, 0.1) is 18.3 Å². The van der Waals surface area contributed by atoms with Crippen LogP contribution in [0.15, 0.2) is 23.2 Å². The lowest BCUT2D eigenvalue weighted by molar-refractivity contribution is -0.160. The van der Waals surface area contributed by atoms with E-state index in [9.17, 15) is 30.0 Å². The van der Waals surface area contributed by atoms with E-state index in [2.05, 4.69) is 16.9 Å². The first-order valence-electron chi connectivity index (χ1n) is 14.8. The number of nitrogens with one attached hydrogen (secondary N) is 1. The lowest BCUT2D eigenvalue weighted by Crippen LogP contribution is -2.58. The topological polar surface area (TPSA) is 176 Å². The highest BCUT2D eigenvalue weighted by atomic mass is 16.6. The van der Waals surface area contributed by atoms with Gasteiger partial charge >= 0.3 is 5.97 Å². The summed E-state index contributed by atoms with van der Waals surface area (Å²) >= 11 is 0. The van der Waals surface area contributed by atoms with E-state index in [1.165, 1.54) is 14.2 Å². The monoisotopic (exact) mass is 620 g/mol. The Labute approximate surface area is 259 Å². The van der Waals surface area contributed by atoms with E-state index in [4.69, 9.17) is 18.9 Å². The van der Waals surface area contributed by atoms with Crippen LogP contribution >= 0.6 is 0 Å². The molecule has 2 aliphatic heterocycles. The molecule has 1 aromatic rings. The van der Waals surface area contributed by atoms with Gasteiger partial charge in [0.1, 0.15) is 29.3 Å². The Morgan fingerprint density at radius 3 is 2.41 bits per heavy atom. The molecule has 12 nitrogen and oxygen atoms in total. The molecule has 0 bridgehead atoms. The quantitative estimate of drug-likeness (QED) is 0.133. The van der Waals surface area contributed by atoms with Crippen LogP contribution < -0.4 is 5.32 Å². The fourth-order valence-electron chi connectivity index (χ4n) is 6.05. The molecule has 1 fully saturated rings. The molecule has 246 valence electrons. The second kappa shape index (κ2) is 14.4. The Kier molecular flexibility index (Phi) is 11.6. The number of ether oxygens (including phenoxy) is 4. The first-order valence-corrected chi connectivity index (χ1v) is 14.8. The van der Waals surface area contributed by atoms with Crippen molar-refractivity contribution in [3.8, 4) is 11.5 Å². The first-order chi connectivity index (χ1) is 20.6. The van der Waals surface area contributed by atoms with Crippen LogP contribution in [0.25, 0.3) is 0 Å². The van der Waals surface area contributed by atoms with Gasteiger partial charge in [-0.25, -0.2) is 4.79 Å². The normalized spacial score (nSPS) is 25.7. The van der Waals surface area contributed by atoms with Gasteiger partial charge in [0.2, 0.25) is 0 Å². The second-order valence-corrected chi connectivity index (χ2v) is 12.5. The van der Waals surface area contributed by atoms with Crippen LogP contribution in [-0.2, 0) is 30.2 Å². The summed E-state index contributed by atoms with van der Waals surface area (Å²) in [6, 6.07) is 1.12. The zero-order valence-corrected chi connectivity index (χ0v) is 26.9. The summed E-state index contributed by atoms with van der Waals surface area (Å²) in [4.78, 5) is 30.3. The maximum atomic E-state index is 13.0. The maximum absolute atomic E-state index is 13.0. The molecule has 44 heavy (non-hydrogen) atoms. The zero-order valence-electron chi connectivity index (χ0n) is 26.9. The number of aliphatic imine (C=N–C) groups is 1. The molecule has 0 aromatic heterocycles. The summed E-state index contributed by atoms with van der Waals surface area (Å²) in [7, 11) is 4.50. The standard InChI is InChI=1S/C32H48N2O10/c1-15(2)10-23(41-8)28(38)29(39)34-30(42-9)24-14-25(33-7)32(5,6)26(43-24)13-20(36)17(4)22-11-18-16(3)19(35)12-21(37)27(18)31(40)44-22/h12,17,20,22-24,26,28,30,35-38H,1,10-11,13-14H2,2-9H3,(H,34,39). The SMILES string of the molecule is C=C(C)CC(OC)C(O)C(=O)NC(OC)C1CC(=NC)C(C)(C)C(CC(O)C(C)C2Cc3c(C)c(O)cc(O)c3C(=O)O2)O1. The van der Waals surface area contributed by atoms with Gasteiger partial charge in [-0.3, -0.25) is 9.79 Å². The molecular weight excluding hydrogens is 572 g/mol. The van der Waals surface area contributed by atoms with Crippen molar-refractivity contribution < 1.29 is 49.0 Å². The number of hydrogen-bond donors (Lipinski definition) is 5. The van der Waals surface area contributed by atoms with Gasteiger partial charge in [0.15, 0.2) is 12.3 Å². The number of esters is 1. The number of carbonyl (C=O) groups excluding carboxylic acids is 2. The van der Waals surface area contributed by atoms with Crippen LogP contribution in [0.1, 0.15) is 68.4 Å². The Bertz CT molecular complexity index is 1260. The predicted octanol–water partition coefficient (Wildman–Crippen LogP) is 2.56. The summed E-state index contributed by atoms with van der Waals surface area (Å²) in [6.45, 7) is 13.0. The smallest absolute Gasteiger partial charge is 0.342 e. The number of fused-ring (bicyclic) bond motifs is 1. The van der Waals surface area contributed by atoms with Crippen molar-refractivity contribution in [3.05, 3.63) is 34.9 Å². The maximum Gasteiger partial charge on any atom is 0.342 e. The molecule has 1 saturated heterocycles. The number of amides is 1. The molecule has 0 saturated carbocycles. The van der Waals surface area contributed by atoms with Crippen molar-refractivity contribution in [2.24, 2.45) is 16.3 Å². The van der Waals surface area contributed by atoms with Crippen molar-refractivity contribution in [1.82, 2.24) is 5.32 Å². The minimum Gasteiger partial charge on any atom is -0.508 e. The Morgan fingerprint density at radius 1 is 1.18 bits per heavy atom. The van der Waals surface area contributed by atoms with E-state index in [0.29, 0.717) is 24.0 Å². The number of phenolic OH excluding ortho intramolecular Hbond substituents is 2. The van der Waals surface area contributed by atoms with Gasteiger partial charge in [0.25, 0.3) is 5.91 Å². The first kappa shape index (κ1) is 35.4. The van der Waals surface area contributed by atoms with Gasteiger partial charge in [-0.1, -0.05) is 26.3 Å². The molecule has 0 radical (unpaired) electrons. The molecular formula is C32H48N2O10. The lowest BCUT2D eigenvalue weighted by Gasteiger charge is -2.46. The molecule has 0 aliphatic carbocycles. The number of phenols is 2. The highest BCUT2D eigenvalue weighted by Crippen LogP contribution is 2.41. The molecule has 1 amide bonds. The molecule has 12 heteroatoms. The summed E-state index contributed by atoms with van der Waals surface area (Å²) in [5, 5.41) is 45.2. The molecule has 5 N–H and O–H groups in total. The molecule has 8 atom stereocenters. The summed E-state index contributed by atoms with van der Waals surface area (Å²) < 4.78 is 23.0. The molecule has 1 aromatic carbocycles. The molecule has 2 aliphatic rings. The number of benzene rings is 1. The third-order valence-corrected chi connectivity index (χ3v) is 9.09. The van der Waals surface area contributed by atoms with E-state index < -0.39 is 66.1 Å². The number of aromatic hydroxyl groups is 2. The number of carbonyl (C=O) groups is 2. The average Bonchev–Trinajstić information content (AvgIpc) is 2.96. The van der Waals surface area contributed by atoms with Gasteiger partial charge < -0.3 is 44.7 Å². The van der Waals surface area contributed by atoms with Crippen molar-refractivity contribution in [2.45, 2.75) is 103 Å². The predicted molar refractivity (Wildman–Crippen MR) is 163 cm³/mol. The third kappa shape index (κ3) is 7.43. The summed E-state index contributed by atoms with van der Waals surface area (Å²) in [6.07, 6.45) is -5.17. The average molecular weight is 621 g/mol. The van der Waals surface area contributed by atoms with Crippen LogP contribution in [0.4, 0.5) is 0 Å². The van der Waals surface area contributed by atoms with Gasteiger partial charge in [0.05, 0.1) is 18.3 Å². The lowest BCUT2D eigenvalue weighted by atomic mass is 9.73. The Hall–Kier alpha value is -3.03. The second-order valence-electron chi connectivity index (χ2n) is 12.5. The number of aliphatic hydroxyl groups is 2. The fraction of sp³-hybridized carbons (Fsp3) is 0.656. The van der Waals surface area contributed by atoms with Crippen molar-refractivity contribution in [2.75, 3.05) is 21.3 Å². The van der Waals surface area contributed by atoms with Crippen LogP contribution in [0.3, 0.4) is 0 Å². The molecule has 8 unspecified atom stereocenters. The third-order valence-electron chi connectivity index (χ3n) is 9.09. The van der Waals surface area contributed by atoms with Crippen LogP contribution in [-0.4, -0.2) is 102 Å².